The summed E-state index contributed by atoms with van der Waals surface area (Å²) >= 11 is 0. The van der Waals surface area contributed by atoms with Crippen LogP contribution in [0, 0.1) is 6.92 Å². The Bertz CT molecular complexity index is 749. The molecule has 0 atom stereocenters. The van der Waals surface area contributed by atoms with Crippen LogP contribution in [0.1, 0.15) is 25.0 Å². The van der Waals surface area contributed by atoms with Crippen molar-refractivity contribution in [3.05, 3.63) is 24.2 Å². The molecule has 0 aliphatic carbocycles. The molecule has 0 saturated carbocycles. The van der Waals surface area contributed by atoms with E-state index < -0.39 is 0 Å². The predicted molar refractivity (Wildman–Crippen MR) is 104 cm³/mol. The molecule has 0 spiro atoms. The summed E-state index contributed by atoms with van der Waals surface area (Å²) in [5, 5.41) is 0. The first kappa shape index (κ1) is 17.1. The van der Waals surface area contributed by atoms with E-state index in [2.05, 4.69) is 31.7 Å². The van der Waals surface area contributed by atoms with Gasteiger partial charge in [0.15, 0.2) is 0 Å². The van der Waals surface area contributed by atoms with Gasteiger partial charge in [0.1, 0.15) is 0 Å². The van der Waals surface area contributed by atoms with E-state index in [1.54, 1.807) is 0 Å². The first-order chi connectivity index (χ1) is 12.7. The standard InChI is InChI=1S/C19H27N7/c1-15-16(14-21-19(22-15)26-12-10-24(2)11-13-26)17-6-7-20-18(23-17)25-8-4-3-5-9-25/h6-7,14H,3-5,8-13H2,1-2H3. The van der Waals surface area contributed by atoms with E-state index in [1.165, 1.54) is 19.3 Å². The minimum Gasteiger partial charge on any atom is -0.341 e. The van der Waals surface area contributed by atoms with E-state index in [-0.39, 0.29) is 0 Å². The van der Waals surface area contributed by atoms with Gasteiger partial charge in [-0.05, 0) is 39.3 Å². The van der Waals surface area contributed by atoms with Gasteiger partial charge in [-0.1, -0.05) is 0 Å². The maximum Gasteiger partial charge on any atom is 0.225 e. The van der Waals surface area contributed by atoms with Gasteiger partial charge in [-0.2, -0.15) is 0 Å². The Balaban J connectivity index is 1.56. The normalized spacial score (nSPS) is 19.0. The Labute approximate surface area is 155 Å². The van der Waals surface area contributed by atoms with Crippen LogP contribution < -0.4 is 9.80 Å². The van der Waals surface area contributed by atoms with Gasteiger partial charge < -0.3 is 14.7 Å². The van der Waals surface area contributed by atoms with E-state index in [4.69, 9.17) is 9.97 Å². The second-order valence-electron chi connectivity index (χ2n) is 7.25. The molecule has 0 amide bonds. The van der Waals surface area contributed by atoms with Gasteiger partial charge in [-0.15, -0.1) is 0 Å². The minimum atomic E-state index is 0.824. The number of rotatable bonds is 3. The van der Waals surface area contributed by atoms with Gasteiger partial charge in [-0.3, -0.25) is 0 Å². The second-order valence-corrected chi connectivity index (χ2v) is 7.25. The van der Waals surface area contributed by atoms with E-state index >= 15 is 0 Å². The number of piperazine rings is 1. The molecule has 26 heavy (non-hydrogen) atoms. The quantitative estimate of drug-likeness (QED) is 0.836. The molecule has 0 radical (unpaired) electrons. The Hall–Kier alpha value is -2.28. The number of aromatic nitrogens is 4. The first-order valence-electron chi connectivity index (χ1n) is 9.56. The number of aryl methyl sites for hydroxylation is 1. The third-order valence-electron chi connectivity index (χ3n) is 5.31. The van der Waals surface area contributed by atoms with Crippen LogP contribution in [0.2, 0.25) is 0 Å². The molecule has 2 aliphatic heterocycles. The minimum absolute atomic E-state index is 0.824. The molecule has 2 saturated heterocycles. The zero-order valence-electron chi connectivity index (χ0n) is 15.7. The van der Waals surface area contributed by atoms with Crippen molar-refractivity contribution in [2.45, 2.75) is 26.2 Å². The Kier molecular flexibility index (Phi) is 4.97. The van der Waals surface area contributed by atoms with Gasteiger partial charge >= 0.3 is 0 Å². The molecule has 2 aromatic heterocycles. The lowest BCUT2D eigenvalue weighted by Crippen LogP contribution is -2.45. The summed E-state index contributed by atoms with van der Waals surface area (Å²) in [6, 6.07) is 1.95. The summed E-state index contributed by atoms with van der Waals surface area (Å²) in [5.74, 6) is 1.65. The number of hydrogen-bond acceptors (Lipinski definition) is 7. The highest BCUT2D eigenvalue weighted by Gasteiger charge is 2.19. The van der Waals surface area contributed by atoms with Crippen LogP contribution in [-0.2, 0) is 0 Å². The highest BCUT2D eigenvalue weighted by molar-refractivity contribution is 5.62. The van der Waals surface area contributed by atoms with Crippen molar-refractivity contribution in [1.82, 2.24) is 24.8 Å². The Morgan fingerprint density at radius 3 is 2.23 bits per heavy atom. The average Bonchev–Trinajstić information content (AvgIpc) is 2.69. The highest BCUT2D eigenvalue weighted by Crippen LogP contribution is 2.24. The molecule has 0 bridgehead atoms. The van der Waals surface area contributed by atoms with E-state index in [0.717, 1.165) is 68.1 Å². The van der Waals surface area contributed by atoms with Gasteiger partial charge in [0, 0.05) is 57.2 Å². The van der Waals surface area contributed by atoms with Gasteiger partial charge in [-0.25, -0.2) is 19.9 Å². The lowest BCUT2D eigenvalue weighted by Gasteiger charge is -2.32. The van der Waals surface area contributed by atoms with Gasteiger partial charge in [0.05, 0.1) is 11.4 Å². The Morgan fingerprint density at radius 1 is 0.808 bits per heavy atom. The average molecular weight is 353 g/mol. The van der Waals surface area contributed by atoms with Crippen molar-refractivity contribution in [3.63, 3.8) is 0 Å². The zero-order valence-corrected chi connectivity index (χ0v) is 15.7. The van der Waals surface area contributed by atoms with Gasteiger partial charge in [0.25, 0.3) is 0 Å². The predicted octanol–water partition coefficient (Wildman–Crippen LogP) is 1.98. The van der Waals surface area contributed by atoms with Crippen LogP contribution in [0.25, 0.3) is 11.3 Å². The second kappa shape index (κ2) is 7.53. The lowest BCUT2D eigenvalue weighted by atomic mass is 10.1. The maximum absolute atomic E-state index is 4.79. The van der Waals surface area contributed by atoms with Crippen LogP contribution in [0.15, 0.2) is 18.5 Å². The molecule has 0 aromatic carbocycles. The monoisotopic (exact) mass is 353 g/mol. The number of likely N-dealkylation sites (N-methyl/N-ethyl adjacent to an activating group) is 1. The van der Waals surface area contributed by atoms with Crippen LogP contribution in [-0.4, -0.2) is 71.2 Å². The van der Waals surface area contributed by atoms with Crippen molar-refractivity contribution in [2.75, 3.05) is 56.1 Å². The van der Waals surface area contributed by atoms with Crippen molar-refractivity contribution < 1.29 is 0 Å². The maximum atomic E-state index is 4.79. The van der Waals surface area contributed by atoms with E-state index in [0.29, 0.717) is 0 Å². The largest absolute Gasteiger partial charge is 0.341 e. The van der Waals surface area contributed by atoms with Crippen LogP contribution in [0.3, 0.4) is 0 Å². The summed E-state index contributed by atoms with van der Waals surface area (Å²) in [4.78, 5) is 25.5. The highest BCUT2D eigenvalue weighted by atomic mass is 15.3. The Morgan fingerprint density at radius 2 is 1.50 bits per heavy atom. The number of nitrogens with zero attached hydrogens (tertiary/aromatic N) is 7. The number of hydrogen-bond donors (Lipinski definition) is 0. The third kappa shape index (κ3) is 3.62. The molecular weight excluding hydrogens is 326 g/mol. The van der Waals surface area contributed by atoms with Crippen LogP contribution >= 0.6 is 0 Å². The summed E-state index contributed by atoms with van der Waals surface area (Å²) in [7, 11) is 2.15. The SMILES string of the molecule is Cc1nc(N2CCN(C)CC2)ncc1-c1ccnc(N2CCCCC2)n1. The van der Waals surface area contributed by atoms with Gasteiger partial charge in [0.2, 0.25) is 11.9 Å². The molecular formula is C19H27N7. The molecule has 2 fully saturated rings. The van der Waals surface area contributed by atoms with Crippen molar-refractivity contribution in [1.29, 1.82) is 0 Å². The van der Waals surface area contributed by atoms with Crippen molar-refractivity contribution in [2.24, 2.45) is 0 Å². The smallest absolute Gasteiger partial charge is 0.225 e. The first-order valence-corrected chi connectivity index (χ1v) is 9.56. The number of anilines is 2. The van der Waals surface area contributed by atoms with E-state index in [1.807, 2.05) is 25.4 Å². The summed E-state index contributed by atoms with van der Waals surface area (Å²) in [6.07, 6.45) is 7.50. The fraction of sp³-hybridized carbons (Fsp3) is 0.579. The zero-order chi connectivity index (χ0) is 17.9. The summed E-state index contributed by atoms with van der Waals surface area (Å²) in [6.45, 7) is 8.18. The third-order valence-corrected chi connectivity index (χ3v) is 5.31. The molecule has 0 N–H and O–H groups in total. The topological polar surface area (TPSA) is 61.3 Å². The number of piperidine rings is 1. The molecule has 4 heterocycles. The summed E-state index contributed by atoms with van der Waals surface area (Å²) in [5.41, 5.74) is 2.86. The van der Waals surface area contributed by atoms with Crippen molar-refractivity contribution in [3.8, 4) is 11.3 Å². The molecule has 0 unspecified atom stereocenters. The molecule has 2 aliphatic rings. The molecule has 4 rings (SSSR count). The van der Waals surface area contributed by atoms with Crippen LogP contribution in [0.5, 0.6) is 0 Å². The van der Waals surface area contributed by atoms with Crippen LogP contribution in [0.4, 0.5) is 11.9 Å². The molecule has 7 heteroatoms. The fourth-order valence-electron chi connectivity index (χ4n) is 3.61. The fourth-order valence-corrected chi connectivity index (χ4v) is 3.61. The lowest BCUT2D eigenvalue weighted by molar-refractivity contribution is 0.311. The van der Waals surface area contributed by atoms with E-state index in [9.17, 15) is 0 Å². The summed E-state index contributed by atoms with van der Waals surface area (Å²) < 4.78 is 0. The molecule has 138 valence electrons. The van der Waals surface area contributed by atoms with Crippen molar-refractivity contribution >= 4 is 11.9 Å². The molecule has 7 nitrogen and oxygen atoms in total. The molecule has 2 aromatic rings.